The van der Waals surface area contributed by atoms with Crippen LogP contribution in [-0.4, -0.2) is 11.3 Å². The average Bonchev–Trinajstić information content (AvgIpc) is 3.85. The molecule has 0 bridgehead atoms. The van der Waals surface area contributed by atoms with Crippen LogP contribution in [0.15, 0.2) is 156 Å². The number of aromatic nitrogens is 1. The first kappa shape index (κ1) is 37.5. The second-order valence-corrected chi connectivity index (χ2v) is 17.2. The van der Waals surface area contributed by atoms with Gasteiger partial charge in [-0.2, -0.15) is 0 Å². The van der Waals surface area contributed by atoms with Gasteiger partial charge >= 0.3 is 6.85 Å². The first-order chi connectivity index (χ1) is 30.1. The SMILES string of the molecule is CCCCc1ccc(N(c2ccc(CCCC)cc2)c2ccc3c(c2)N(c2ccccc2)c2cc(CCCC)cc4c2B3n2c3oc5ccccc5c3c3cccc-4c32)cc1. The van der Waals surface area contributed by atoms with Crippen molar-refractivity contribution < 1.29 is 4.42 Å². The number of hydrogen-bond acceptors (Lipinski definition) is 3. The third kappa shape index (κ3) is 6.19. The standard InChI is InChI=1S/C56H52BN3O/c1-4-7-16-38-25-29-42(30-26-38)58(43-31-27-39(28-32-43)17-8-5-2)44-33-34-49-50(37-44)59(41-19-11-10-12-20-41)51-36-40(18-9-6-3)35-48-45-22-15-23-47-53-46-21-13-14-24-52(46)61-56(53)60(55(45)47)57(49)54(48)51/h10-15,19-37H,4-9,16-18H2,1-3H3. The quantitative estimate of drug-likeness (QED) is 0.109. The summed E-state index contributed by atoms with van der Waals surface area (Å²) in [6, 6.07) is 57.2. The predicted molar refractivity (Wildman–Crippen MR) is 260 cm³/mol. The van der Waals surface area contributed by atoms with Crippen LogP contribution < -0.4 is 20.7 Å². The van der Waals surface area contributed by atoms with Gasteiger partial charge in [0.1, 0.15) is 5.58 Å². The van der Waals surface area contributed by atoms with Crippen LogP contribution in [0.4, 0.5) is 34.1 Å². The molecule has 0 unspecified atom stereocenters. The average molecular weight is 794 g/mol. The zero-order valence-corrected chi connectivity index (χ0v) is 35.6. The van der Waals surface area contributed by atoms with Gasteiger partial charge in [0, 0.05) is 56.0 Å². The van der Waals surface area contributed by atoms with Crippen molar-refractivity contribution in [2.75, 3.05) is 9.80 Å². The van der Waals surface area contributed by atoms with Crippen LogP contribution >= 0.6 is 0 Å². The highest BCUT2D eigenvalue weighted by atomic mass is 16.3. The lowest BCUT2D eigenvalue weighted by atomic mass is 9.45. The van der Waals surface area contributed by atoms with Crippen LogP contribution in [0.1, 0.15) is 76.0 Å². The van der Waals surface area contributed by atoms with E-state index in [2.05, 4.69) is 187 Å². The van der Waals surface area contributed by atoms with Crippen molar-refractivity contribution in [2.24, 2.45) is 0 Å². The maximum atomic E-state index is 6.95. The molecule has 61 heavy (non-hydrogen) atoms. The summed E-state index contributed by atoms with van der Waals surface area (Å²) in [5.41, 5.74) is 19.6. The molecule has 0 aliphatic carbocycles. The fourth-order valence-corrected chi connectivity index (χ4v) is 10.3. The number of anilines is 6. The molecule has 4 nitrogen and oxygen atoms in total. The Kier molecular flexibility index (Phi) is 9.56. The summed E-state index contributed by atoms with van der Waals surface area (Å²) >= 11 is 0. The van der Waals surface area contributed by atoms with Gasteiger partial charge in [-0.15, -0.1) is 0 Å². The monoisotopic (exact) mass is 793 g/mol. The van der Waals surface area contributed by atoms with Crippen molar-refractivity contribution in [2.45, 2.75) is 78.6 Å². The van der Waals surface area contributed by atoms with Crippen LogP contribution in [0.3, 0.4) is 0 Å². The smallest absolute Gasteiger partial charge is 0.336 e. The fraction of sp³-hybridized carbons (Fsp3) is 0.214. The van der Waals surface area contributed by atoms with E-state index in [0.717, 1.165) is 66.2 Å². The topological polar surface area (TPSA) is 24.6 Å². The molecule has 0 saturated carbocycles. The molecule has 0 N–H and O–H groups in total. The van der Waals surface area contributed by atoms with E-state index < -0.39 is 0 Å². The second-order valence-electron chi connectivity index (χ2n) is 17.2. The Hall–Kier alpha value is -6.46. The second kappa shape index (κ2) is 15.5. The largest absolute Gasteiger partial charge is 0.441 e. The minimum Gasteiger partial charge on any atom is -0.441 e. The number of unbranched alkanes of at least 4 members (excludes halogenated alkanes) is 3. The summed E-state index contributed by atoms with van der Waals surface area (Å²) < 4.78 is 9.49. The molecule has 300 valence electrons. The fourth-order valence-electron chi connectivity index (χ4n) is 10.3. The van der Waals surface area contributed by atoms with Gasteiger partial charge in [-0.3, -0.25) is 0 Å². The lowest BCUT2D eigenvalue weighted by Gasteiger charge is -2.41. The molecule has 0 atom stereocenters. The third-order valence-corrected chi connectivity index (χ3v) is 13.3. The van der Waals surface area contributed by atoms with Gasteiger partial charge in [0.05, 0.1) is 5.39 Å². The number of rotatable bonds is 13. The molecule has 2 aliphatic heterocycles. The van der Waals surface area contributed by atoms with Gasteiger partial charge < -0.3 is 18.7 Å². The van der Waals surface area contributed by atoms with E-state index >= 15 is 0 Å². The van der Waals surface area contributed by atoms with Crippen LogP contribution in [0, 0.1) is 0 Å². The number of fused-ring (bicyclic) bond motifs is 9. The highest BCUT2D eigenvalue weighted by Gasteiger charge is 2.44. The van der Waals surface area contributed by atoms with E-state index in [1.165, 1.54) is 97.5 Å². The maximum absolute atomic E-state index is 6.95. The molecule has 2 aromatic heterocycles. The van der Waals surface area contributed by atoms with Crippen molar-refractivity contribution in [3.05, 3.63) is 168 Å². The highest BCUT2D eigenvalue weighted by molar-refractivity contribution is 6.90. The van der Waals surface area contributed by atoms with Gasteiger partial charge in [0.15, 0.2) is 5.71 Å². The van der Waals surface area contributed by atoms with E-state index in [9.17, 15) is 0 Å². The Labute approximate surface area is 360 Å². The summed E-state index contributed by atoms with van der Waals surface area (Å²) in [4.78, 5) is 5.00. The Balaban J connectivity index is 1.18. The number of benzene rings is 7. The van der Waals surface area contributed by atoms with Crippen LogP contribution in [0.25, 0.3) is 44.1 Å². The van der Waals surface area contributed by atoms with Crippen LogP contribution in [0.5, 0.6) is 0 Å². The third-order valence-electron chi connectivity index (χ3n) is 13.3. The first-order valence-electron chi connectivity index (χ1n) is 22.7. The van der Waals surface area contributed by atoms with E-state index in [0.29, 0.717) is 0 Å². The number of furan rings is 1. The summed E-state index contributed by atoms with van der Waals surface area (Å²) in [6.45, 7) is 6.74. The molecule has 4 heterocycles. The van der Waals surface area contributed by atoms with Gasteiger partial charge in [0.25, 0.3) is 0 Å². The van der Waals surface area contributed by atoms with E-state index in [1.54, 1.807) is 0 Å². The lowest BCUT2D eigenvalue weighted by Crippen LogP contribution is -2.56. The van der Waals surface area contributed by atoms with Crippen molar-refractivity contribution in [1.29, 1.82) is 0 Å². The molecular formula is C56H52BN3O. The molecular weight excluding hydrogens is 741 g/mol. The van der Waals surface area contributed by atoms with Gasteiger partial charge in [-0.05, 0) is 132 Å². The zero-order chi connectivity index (χ0) is 41.0. The maximum Gasteiger partial charge on any atom is 0.336 e. The number of hydrogen-bond donors (Lipinski definition) is 0. The van der Waals surface area contributed by atoms with E-state index in [1.807, 2.05) is 0 Å². The number of aryl methyl sites for hydroxylation is 3. The normalized spacial score (nSPS) is 12.7. The van der Waals surface area contributed by atoms with Crippen LogP contribution in [-0.2, 0) is 19.3 Å². The van der Waals surface area contributed by atoms with E-state index in [4.69, 9.17) is 4.42 Å². The Bertz CT molecular complexity index is 3000. The molecule has 9 aromatic rings. The van der Waals surface area contributed by atoms with Crippen molar-refractivity contribution in [1.82, 2.24) is 4.48 Å². The van der Waals surface area contributed by atoms with Gasteiger partial charge in [-0.25, -0.2) is 0 Å². The molecule has 0 spiro atoms. The minimum atomic E-state index is -0.0890. The van der Waals surface area contributed by atoms with Crippen molar-refractivity contribution >= 4 is 84.9 Å². The molecule has 7 aromatic carbocycles. The molecule has 11 rings (SSSR count). The van der Waals surface area contributed by atoms with Crippen molar-refractivity contribution in [3.8, 4) is 11.1 Å². The molecule has 2 aliphatic rings. The molecule has 0 amide bonds. The number of nitrogens with zero attached hydrogens (tertiary/aromatic N) is 3. The summed E-state index contributed by atoms with van der Waals surface area (Å²) in [5.74, 6) is 0. The zero-order valence-electron chi connectivity index (χ0n) is 35.6. The Morgan fingerprint density at radius 2 is 1.15 bits per heavy atom. The van der Waals surface area contributed by atoms with Crippen molar-refractivity contribution in [3.63, 3.8) is 0 Å². The Morgan fingerprint density at radius 1 is 0.525 bits per heavy atom. The predicted octanol–water partition coefficient (Wildman–Crippen LogP) is 14.5. The van der Waals surface area contributed by atoms with Gasteiger partial charge in [-0.1, -0.05) is 131 Å². The molecule has 0 radical (unpaired) electrons. The van der Waals surface area contributed by atoms with Crippen LogP contribution in [0.2, 0.25) is 0 Å². The molecule has 5 heteroatoms. The number of para-hydroxylation sites is 3. The Morgan fingerprint density at radius 3 is 1.84 bits per heavy atom. The molecule has 0 fully saturated rings. The van der Waals surface area contributed by atoms with Gasteiger partial charge in [0.2, 0.25) is 0 Å². The lowest BCUT2D eigenvalue weighted by molar-refractivity contribution is 0.651. The molecule has 0 saturated heterocycles. The summed E-state index contributed by atoms with van der Waals surface area (Å²) in [6.07, 6.45) is 10.3. The highest BCUT2D eigenvalue weighted by Crippen LogP contribution is 2.48. The summed E-state index contributed by atoms with van der Waals surface area (Å²) in [7, 11) is 0. The first-order valence-corrected chi connectivity index (χ1v) is 22.7. The van der Waals surface area contributed by atoms with E-state index in [-0.39, 0.29) is 6.85 Å². The minimum absolute atomic E-state index is 0.0890. The summed E-state index contributed by atoms with van der Waals surface area (Å²) in [5, 5.41) is 3.62.